The van der Waals surface area contributed by atoms with Gasteiger partial charge in [-0.25, -0.2) is 0 Å². The number of hydrogen-bond acceptors (Lipinski definition) is 1. The number of anilines is 3. The number of hydrogen-bond donors (Lipinski definition) is 0. The Kier molecular flexibility index (Phi) is 6.12. The molecule has 2 fully saturated rings. The molecule has 1 spiro atoms. The summed E-state index contributed by atoms with van der Waals surface area (Å²) in [5.74, 6) is 1.65. The molecule has 3 unspecified atom stereocenters. The molecule has 0 radical (unpaired) electrons. The molecule has 10 rings (SSSR count). The minimum absolute atomic E-state index is 0.0515. The van der Waals surface area contributed by atoms with Crippen molar-refractivity contribution in [2.75, 3.05) is 4.90 Å². The van der Waals surface area contributed by atoms with Gasteiger partial charge in [0, 0.05) is 27.9 Å². The molecule has 2 saturated carbocycles. The van der Waals surface area contributed by atoms with Gasteiger partial charge < -0.3 is 4.90 Å². The Hall–Kier alpha value is -4.88. The third-order valence-electron chi connectivity index (χ3n) is 12.9. The lowest BCUT2D eigenvalue weighted by molar-refractivity contribution is 0.327. The average molecular weight is 634 g/mol. The molecule has 0 aliphatic heterocycles. The Morgan fingerprint density at radius 2 is 1.14 bits per heavy atom. The third-order valence-corrected chi connectivity index (χ3v) is 12.9. The Morgan fingerprint density at radius 3 is 1.86 bits per heavy atom. The summed E-state index contributed by atoms with van der Waals surface area (Å²) in [6, 6.07) is 48.8. The van der Waals surface area contributed by atoms with Crippen molar-refractivity contribution in [1.82, 2.24) is 0 Å². The van der Waals surface area contributed by atoms with E-state index in [-0.39, 0.29) is 10.8 Å². The largest absolute Gasteiger partial charge is 0.310 e. The van der Waals surface area contributed by atoms with E-state index in [1.54, 1.807) is 11.1 Å². The highest BCUT2D eigenvalue weighted by molar-refractivity contribution is 5.88. The quantitative estimate of drug-likeness (QED) is 0.187. The molecule has 2 bridgehead atoms. The van der Waals surface area contributed by atoms with Crippen molar-refractivity contribution in [3.05, 3.63) is 161 Å². The van der Waals surface area contributed by atoms with Gasteiger partial charge in [-0.15, -0.1) is 0 Å². The lowest BCUT2D eigenvalue weighted by Gasteiger charge is -2.36. The van der Waals surface area contributed by atoms with Crippen molar-refractivity contribution in [1.29, 1.82) is 0 Å². The van der Waals surface area contributed by atoms with E-state index >= 15 is 0 Å². The summed E-state index contributed by atoms with van der Waals surface area (Å²) in [4.78, 5) is 2.44. The summed E-state index contributed by atoms with van der Waals surface area (Å²) < 4.78 is 0. The highest BCUT2D eigenvalue weighted by Gasteiger charge is 2.56. The predicted molar refractivity (Wildman–Crippen MR) is 205 cm³/mol. The van der Waals surface area contributed by atoms with Crippen molar-refractivity contribution in [2.24, 2.45) is 11.8 Å². The Bertz CT molecular complexity index is 2310. The van der Waals surface area contributed by atoms with Crippen LogP contribution in [0.2, 0.25) is 0 Å². The molecular formula is C48H43N. The zero-order valence-corrected chi connectivity index (χ0v) is 29.1. The monoisotopic (exact) mass is 633 g/mol. The third kappa shape index (κ3) is 4.05. The summed E-state index contributed by atoms with van der Waals surface area (Å²) in [6.45, 7) is 9.20. The van der Waals surface area contributed by atoms with Crippen molar-refractivity contribution >= 4 is 17.1 Å². The fourth-order valence-corrected chi connectivity index (χ4v) is 10.6. The van der Waals surface area contributed by atoms with Crippen LogP contribution in [0.3, 0.4) is 0 Å². The molecule has 4 aliphatic carbocycles. The first kappa shape index (κ1) is 29.1. The molecule has 49 heavy (non-hydrogen) atoms. The molecular weight excluding hydrogens is 591 g/mol. The molecule has 0 N–H and O–H groups in total. The highest BCUT2D eigenvalue weighted by Crippen LogP contribution is 2.66. The van der Waals surface area contributed by atoms with E-state index < -0.39 is 0 Å². The van der Waals surface area contributed by atoms with E-state index in [4.69, 9.17) is 0 Å². The molecule has 6 aromatic carbocycles. The Balaban J connectivity index is 1.08. The molecule has 0 saturated heterocycles. The van der Waals surface area contributed by atoms with Crippen molar-refractivity contribution in [2.45, 2.75) is 64.2 Å². The van der Waals surface area contributed by atoms with E-state index in [0.717, 1.165) is 11.8 Å². The van der Waals surface area contributed by atoms with Gasteiger partial charge in [-0.3, -0.25) is 0 Å². The lowest BCUT2D eigenvalue weighted by Crippen LogP contribution is -2.31. The summed E-state index contributed by atoms with van der Waals surface area (Å²) in [5.41, 5.74) is 20.6. The molecule has 1 nitrogen and oxygen atoms in total. The maximum Gasteiger partial charge on any atom is 0.0465 e. The van der Waals surface area contributed by atoms with Crippen LogP contribution in [0, 0.1) is 25.7 Å². The van der Waals surface area contributed by atoms with Gasteiger partial charge in [-0.2, -0.15) is 0 Å². The SMILES string of the molecule is Cc1ccc(N(c2ccc(-c3ccc4c(c3)C3(CC5CCC3C5)c3ccccc3-4)c(C)c2)c2ccc3c(c2)C(C)(C)c2ccccc2-3)cc1. The van der Waals surface area contributed by atoms with Gasteiger partial charge in [0.1, 0.15) is 0 Å². The molecule has 4 aliphatic rings. The number of benzene rings is 6. The maximum absolute atomic E-state index is 2.58. The van der Waals surface area contributed by atoms with Crippen LogP contribution in [0.1, 0.15) is 72.9 Å². The van der Waals surface area contributed by atoms with Crippen molar-refractivity contribution in [3.63, 3.8) is 0 Å². The highest BCUT2D eigenvalue weighted by atomic mass is 15.1. The standard InChI is InChI=1S/C48H43N/c1-30-13-18-35(19-14-30)49(37-21-24-41-39-9-5-7-11-43(39)47(3,4)45(41)28-37)36-20-23-38(31(2)25-36)33-16-22-42-40-10-6-8-12-44(40)48(46(42)27-33)29-32-15-17-34(48)26-32/h5-14,16,18-25,27-28,32,34H,15,17,26,29H2,1-4H3. The van der Waals surface area contributed by atoms with Gasteiger partial charge in [-0.1, -0.05) is 111 Å². The van der Waals surface area contributed by atoms with E-state index in [0.29, 0.717) is 0 Å². The fourth-order valence-electron chi connectivity index (χ4n) is 10.6. The maximum atomic E-state index is 2.58. The second-order valence-electron chi connectivity index (χ2n) is 15.9. The molecule has 6 aromatic rings. The van der Waals surface area contributed by atoms with Crippen LogP contribution in [0.4, 0.5) is 17.1 Å². The molecule has 0 heterocycles. The molecule has 0 amide bonds. The van der Waals surface area contributed by atoms with Crippen LogP contribution in [0.25, 0.3) is 33.4 Å². The zero-order valence-electron chi connectivity index (χ0n) is 29.1. The number of nitrogens with zero attached hydrogens (tertiary/aromatic N) is 1. The summed E-state index contributed by atoms with van der Waals surface area (Å²) in [7, 11) is 0. The van der Waals surface area contributed by atoms with Crippen molar-refractivity contribution < 1.29 is 0 Å². The first-order valence-electron chi connectivity index (χ1n) is 18.3. The van der Waals surface area contributed by atoms with Gasteiger partial charge in [0.15, 0.2) is 0 Å². The number of rotatable bonds is 4. The van der Waals surface area contributed by atoms with Crippen LogP contribution in [0.15, 0.2) is 127 Å². The average Bonchev–Trinajstić information content (AvgIpc) is 3.86. The normalized spacial score (nSPS) is 21.8. The fraction of sp³-hybridized carbons (Fsp3) is 0.250. The van der Waals surface area contributed by atoms with Gasteiger partial charge in [0.25, 0.3) is 0 Å². The van der Waals surface area contributed by atoms with Crippen LogP contribution in [-0.2, 0) is 10.8 Å². The van der Waals surface area contributed by atoms with Crippen LogP contribution in [0.5, 0.6) is 0 Å². The van der Waals surface area contributed by atoms with Crippen molar-refractivity contribution in [3.8, 4) is 33.4 Å². The van der Waals surface area contributed by atoms with Crippen LogP contribution in [-0.4, -0.2) is 0 Å². The topological polar surface area (TPSA) is 3.24 Å². The van der Waals surface area contributed by atoms with Gasteiger partial charge >= 0.3 is 0 Å². The second kappa shape index (κ2) is 10.3. The first-order valence-corrected chi connectivity index (χ1v) is 18.3. The first-order chi connectivity index (χ1) is 23.8. The van der Waals surface area contributed by atoms with Crippen LogP contribution < -0.4 is 4.90 Å². The second-order valence-corrected chi connectivity index (χ2v) is 15.9. The van der Waals surface area contributed by atoms with E-state index in [9.17, 15) is 0 Å². The zero-order chi connectivity index (χ0) is 33.1. The van der Waals surface area contributed by atoms with Gasteiger partial charge in [0.05, 0.1) is 0 Å². The van der Waals surface area contributed by atoms with E-state index in [2.05, 4.69) is 160 Å². The van der Waals surface area contributed by atoms with E-state index in [1.807, 2.05) is 0 Å². The van der Waals surface area contributed by atoms with Gasteiger partial charge in [0.2, 0.25) is 0 Å². The van der Waals surface area contributed by atoms with Gasteiger partial charge in [-0.05, 0) is 149 Å². The summed E-state index contributed by atoms with van der Waals surface area (Å²) in [5, 5.41) is 0. The molecule has 1 heteroatoms. The minimum atomic E-state index is -0.0515. The smallest absolute Gasteiger partial charge is 0.0465 e. The van der Waals surface area contributed by atoms with E-state index in [1.165, 1.54) is 98.4 Å². The molecule has 3 atom stereocenters. The molecule has 0 aromatic heterocycles. The lowest BCUT2D eigenvalue weighted by atomic mass is 9.66. The number of fused-ring (bicyclic) bond motifs is 11. The predicted octanol–water partition coefficient (Wildman–Crippen LogP) is 12.8. The Morgan fingerprint density at radius 1 is 0.531 bits per heavy atom. The number of aryl methyl sites for hydroxylation is 2. The van der Waals surface area contributed by atoms with Crippen LogP contribution >= 0.6 is 0 Å². The minimum Gasteiger partial charge on any atom is -0.310 e. The summed E-state index contributed by atoms with van der Waals surface area (Å²) >= 11 is 0. The summed E-state index contributed by atoms with van der Waals surface area (Å²) in [6.07, 6.45) is 5.50. The molecule has 240 valence electrons. The Labute approximate surface area is 291 Å².